The molecule has 0 aromatic heterocycles. The van der Waals surface area contributed by atoms with E-state index in [1.54, 1.807) is 0 Å². The van der Waals surface area contributed by atoms with Gasteiger partial charge in [-0.2, -0.15) is 0 Å². The van der Waals surface area contributed by atoms with Crippen LogP contribution in [0.1, 0.15) is 30.9 Å². The lowest BCUT2D eigenvalue weighted by atomic mass is 9.87. The number of benzene rings is 1. The fourth-order valence-corrected chi connectivity index (χ4v) is 3.84. The fraction of sp³-hybridized carbons (Fsp3) is 0.650. The number of nitrogens with one attached hydrogen (secondary N) is 1. The number of likely N-dealkylation sites (tertiary alicyclic amines) is 1. The smallest absolute Gasteiger partial charge is 0.194 e. The SMILES string of the molecule is CCNC(=NCCOc1cc(C)cc(C)c1)N1CCC2(CCOC2)C1.I. The molecule has 2 heterocycles. The van der Waals surface area contributed by atoms with Crippen LogP contribution in [0.4, 0.5) is 0 Å². The quantitative estimate of drug-likeness (QED) is 0.308. The third-order valence-electron chi connectivity index (χ3n) is 5.07. The molecule has 26 heavy (non-hydrogen) atoms. The Morgan fingerprint density at radius 2 is 2.04 bits per heavy atom. The van der Waals surface area contributed by atoms with E-state index in [0.717, 1.165) is 44.6 Å². The van der Waals surface area contributed by atoms with Crippen LogP contribution in [0.5, 0.6) is 5.75 Å². The summed E-state index contributed by atoms with van der Waals surface area (Å²) in [6.45, 7) is 12.4. The molecule has 5 nitrogen and oxygen atoms in total. The Hall–Kier alpha value is -1.02. The number of halogens is 1. The molecule has 1 spiro atoms. The Morgan fingerprint density at radius 3 is 2.69 bits per heavy atom. The van der Waals surface area contributed by atoms with Gasteiger partial charge in [0.2, 0.25) is 0 Å². The van der Waals surface area contributed by atoms with Crippen molar-refractivity contribution in [3.63, 3.8) is 0 Å². The van der Waals surface area contributed by atoms with Crippen molar-refractivity contribution in [3.8, 4) is 5.75 Å². The van der Waals surface area contributed by atoms with Crippen molar-refractivity contribution in [2.24, 2.45) is 10.4 Å². The number of aliphatic imine (C=N–C) groups is 1. The molecule has 2 aliphatic heterocycles. The number of guanidine groups is 1. The summed E-state index contributed by atoms with van der Waals surface area (Å²) in [5.41, 5.74) is 2.81. The maximum atomic E-state index is 5.88. The van der Waals surface area contributed by atoms with Gasteiger partial charge in [-0.3, -0.25) is 0 Å². The van der Waals surface area contributed by atoms with Crippen molar-refractivity contribution in [2.75, 3.05) is 46.0 Å². The van der Waals surface area contributed by atoms with Gasteiger partial charge < -0.3 is 19.7 Å². The van der Waals surface area contributed by atoms with Gasteiger partial charge in [0.25, 0.3) is 0 Å². The van der Waals surface area contributed by atoms with Crippen LogP contribution in [0.2, 0.25) is 0 Å². The minimum absolute atomic E-state index is 0. The number of rotatable bonds is 5. The van der Waals surface area contributed by atoms with Crippen molar-refractivity contribution in [3.05, 3.63) is 29.3 Å². The third kappa shape index (κ3) is 5.49. The lowest BCUT2D eigenvalue weighted by Gasteiger charge is -2.25. The molecule has 146 valence electrons. The Kier molecular flexibility index (Phi) is 8.01. The van der Waals surface area contributed by atoms with Crippen LogP contribution in [0.3, 0.4) is 0 Å². The summed E-state index contributed by atoms with van der Waals surface area (Å²) in [5, 5.41) is 3.43. The molecule has 0 aliphatic carbocycles. The Labute approximate surface area is 174 Å². The van der Waals surface area contributed by atoms with E-state index in [4.69, 9.17) is 14.5 Å². The maximum absolute atomic E-state index is 5.88. The van der Waals surface area contributed by atoms with Gasteiger partial charge in [0.05, 0.1) is 13.2 Å². The predicted octanol–water partition coefficient (Wildman–Crippen LogP) is 3.38. The first kappa shape index (κ1) is 21.3. The molecular weight excluding hydrogens is 441 g/mol. The molecule has 1 aromatic rings. The third-order valence-corrected chi connectivity index (χ3v) is 5.07. The summed E-state index contributed by atoms with van der Waals surface area (Å²) in [5.74, 6) is 1.94. The van der Waals surface area contributed by atoms with Gasteiger partial charge in [-0.15, -0.1) is 24.0 Å². The van der Waals surface area contributed by atoms with E-state index >= 15 is 0 Å². The molecule has 1 N–H and O–H groups in total. The van der Waals surface area contributed by atoms with Gasteiger partial charge in [-0.1, -0.05) is 6.07 Å². The average Bonchev–Trinajstić information content (AvgIpc) is 3.20. The van der Waals surface area contributed by atoms with E-state index in [1.807, 2.05) is 0 Å². The Balaban J connectivity index is 0.00000243. The minimum atomic E-state index is 0. The van der Waals surface area contributed by atoms with Crippen molar-refractivity contribution >= 4 is 29.9 Å². The molecule has 2 saturated heterocycles. The van der Waals surface area contributed by atoms with Crippen LogP contribution >= 0.6 is 24.0 Å². The highest BCUT2D eigenvalue weighted by Crippen LogP contribution is 2.38. The van der Waals surface area contributed by atoms with Crippen LogP contribution in [-0.2, 0) is 4.74 Å². The van der Waals surface area contributed by atoms with Crippen molar-refractivity contribution < 1.29 is 9.47 Å². The monoisotopic (exact) mass is 473 g/mol. The van der Waals surface area contributed by atoms with Crippen LogP contribution in [0.25, 0.3) is 0 Å². The van der Waals surface area contributed by atoms with E-state index in [1.165, 1.54) is 24.0 Å². The number of ether oxygens (including phenoxy) is 2. The molecule has 6 heteroatoms. The summed E-state index contributed by atoms with van der Waals surface area (Å²) in [7, 11) is 0. The molecular formula is C20H32IN3O2. The summed E-state index contributed by atoms with van der Waals surface area (Å²) < 4.78 is 11.5. The largest absolute Gasteiger partial charge is 0.492 e. The number of hydrogen-bond acceptors (Lipinski definition) is 3. The molecule has 1 atom stereocenters. The molecule has 2 aliphatic rings. The maximum Gasteiger partial charge on any atom is 0.194 e. The molecule has 0 radical (unpaired) electrons. The normalized spacial score (nSPS) is 22.6. The van der Waals surface area contributed by atoms with Crippen molar-refractivity contribution in [1.82, 2.24) is 10.2 Å². The van der Waals surface area contributed by atoms with E-state index in [0.29, 0.717) is 18.6 Å². The second-order valence-corrected chi connectivity index (χ2v) is 7.38. The summed E-state index contributed by atoms with van der Waals surface area (Å²) in [6.07, 6.45) is 2.38. The molecule has 0 amide bonds. The van der Waals surface area contributed by atoms with Crippen LogP contribution in [-0.4, -0.2) is 56.9 Å². The molecule has 3 rings (SSSR count). The van der Waals surface area contributed by atoms with E-state index in [9.17, 15) is 0 Å². The average molecular weight is 473 g/mol. The lowest BCUT2D eigenvalue weighted by Crippen LogP contribution is -2.41. The highest BCUT2D eigenvalue weighted by molar-refractivity contribution is 14.0. The van der Waals surface area contributed by atoms with Gasteiger partial charge in [0.15, 0.2) is 5.96 Å². The van der Waals surface area contributed by atoms with Crippen LogP contribution in [0.15, 0.2) is 23.2 Å². The summed E-state index contributed by atoms with van der Waals surface area (Å²) in [6, 6.07) is 6.31. The van der Waals surface area contributed by atoms with Crippen LogP contribution < -0.4 is 10.1 Å². The molecule has 2 fully saturated rings. The van der Waals surface area contributed by atoms with Gasteiger partial charge in [0, 0.05) is 31.7 Å². The number of hydrogen-bond donors (Lipinski definition) is 1. The second-order valence-electron chi connectivity index (χ2n) is 7.38. The van der Waals surface area contributed by atoms with Crippen molar-refractivity contribution in [2.45, 2.75) is 33.6 Å². The fourth-order valence-electron chi connectivity index (χ4n) is 3.84. The van der Waals surface area contributed by atoms with Gasteiger partial charge >= 0.3 is 0 Å². The van der Waals surface area contributed by atoms with Gasteiger partial charge in [-0.25, -0.2) is 4.99 Å². The first-order valence-electron chi connectivity index (χ1n) is 9.42. The van der Waals surface area contributed by atoms with E-state index in [2.05, 4.69) is 49.2 Å². The Morgan fingerprint density at radius 1 is 1.27 bits per heavy atom. The van der Waals surface area contributed by atoms with E-state index < -0.39 is 0 Å². The highest BCUT2D eigenvalue weighted by atomic mass is 127. The predicted molar refractivity (Wildman–Crippen MR) is 117 cm³/mol. The first-order valence-corrected chi connectivity index (χ1v) is 9.42. The topological polar surface area (TPSA) is 46.1 Å². The number of nitrogens with zero attached hydrogens (tertiary/aromatic N) is 2. The summed E-state index contributed by atoms with van der Waals surface area (Å²) in [4.78, 5) is 7.16. The van der Waals surface area contributed by atoms with E-state index in [-0.39, 0.29) is 24.0 Å². The van der Waals surface area contributed by atoms with Crippen LogP contribution in [0, 0.1) is 19.3 Å². The van der Waals surface area contributed by atoms with Gasteiger partial charge in [-0.05, 0) is 56.9 Å². The van der Waals surface area contributed by atoms with Crippen molar-refractivity contribution in [1.29, 1.82) is 0 Å². The summed E-state index contributed by atoms with van der Waals surface area (Å²) >= 11 is 0. The molecule has 1 aromatic carbocycles. The Bertz CT molecular complexity index is 595. The highest BCUT2D eigenvalue weighted by Gasteiger charge is 2.42. The second kappa shape index (κ2) is 9.78. The molecule has 1 unspecified atom stereocenters. The zero-order chi connectivity index (χ0) is 17.7. The minimum Gasteiger partial charge on any atom is -0.492 e. The lowest BCUT2D eigenvalue weighted by molar-refractivity contribution is 0.156. The molecule has 0 bridgehead atoms. The number of aryl methyl sites for hydroxylation is 2. The zero-order valence-electron chi connectivity index (χ0n) is 16.2. The zero-order valence-corrected chi connectivity index (χ0v) is 18.5. The van der Waals surface area contributed by atoms with Gasteiger partial charge in [0.1, 0.15) is 12.4 Å². The standard InChI is InChI=1S/C20H31N3O2.HI/c1-4-21-19(23-8-5-20(14-23)6-9-24-15-20)22-7-10-25-18-12-16(2)11-17(3)13-18;/h11-13H,4-10,14-15H2,1-3H3,(H,21,22);1H. The first-order chi connectivity index (χ1) is 12.1. The molecule has 0 saturated carbocycles.